The number of carbonyl (C=O) groups excluding carboxylic acids is 1. The van der Waals surface area contributed by atoms with Crippen molar-refractivity contribution < 1.29 is 14.0 Å². The second-order valence-corrected chi connectivity index (χ2v) is 3.11. The van der Waals surface area contributed by atoms with Gasteiger partial charge in [0.15, 0.2) is 5.69 Å². The lowest BCUT2D eigenvalue weighted by molar-refractivity contribution is -0.464. The molecule has 0 aliphatic rings. The summed E-state index contributed by atoms with van der Waals surface area (Å²) in [6.07, 6.45) is 0.904. The number of para-hydroxylation sites is 2. The predicted octanol–water partition coefficient (Wildman–Crippen LogP) is 0.688. The lowest BCUT2D eigenvalue weighted by Crippen LogP contribution is -2.23. The van der Waals surface area contributed by atoms with E-state index in [1.54, 1.807) is 12.1 Å². The summed E-state index contributed by atoms with van der Waals surface area (Å²) in [4.78, 5) is 22.8. The molecule has 1 heterocycles. The van der Waals surface area contributed by atoms with Crippen LogP contribution in [0.2, 0.25) is 0 Å². The minimum absolute atomic E-state index is 0.125. The van der Waals surface area contributed by atoms with E-state index in [1.807, 2.05) is 0 Å². The number of fused-ring (bicyclic) bond motifs is 1. The number of benzene rings is 1. The Morgan fingerprint density at radius 1 is 1.44 bits per heavy atom. The fourth-order valence-electron chi connectivity index (χ4n) is 1.43. The van der Waals surface area contributed by atoms with Crippen molar-refractivity contribution >= 4 is 17.0 Å². The van der Waals surface area contributed by atoms with Crippen molar-refractivity contribution in [2.75, 3.05) is 7.11 Å². The summed E-state index contributed by atoms with van der Waals surface area (Å²) in [5.41, 5.74) is -0.0123. The van der Waals surface area contributed by atoms with Gasteiger partial charge in [0.05, 0.1) is 11.5 Å². The minimum Gasteiger partial charge on any atom is -0.805 e. The summed E-state index contributed by atoms with van der Waals surface area (Å²) in [5, 5.41) is 11.7. The minimum atomic E-state index is -0.842. The monoisotopic (exact) mass is 220 g/mol. The molecule has 0 radical (unpaired) electrons. The van der Waals surface area contributed by atoms with Crippen molar-refractivity contribution in [1.29, 1.82) is 0 Å². The van der Waals surface area contributed by atoms with Crippen molar-refractivity contribution in [2.45, 2.75) is 0 Å². The van der Waals surface area contributed by atoms with Crippen LogP contribution in [-0.4, -0.2) is 17.8 Å². The smallest absolute Gasteiger partial charge is 0.360 e. The first-order valence-electron chi connectivity index (χ1n) is 4.48. The summed E-state index contributed by atoms with van der Waals surface area (Å²) in [7, 11) is 1.15. The Morgan fingerprint density at radius 2 is 2.12 bits per heavy atom. The van der Waals surface area contributed by atoms with Crippen molar-refractivity contribution in [1.82, 2.24) is 4.73 Å². The van der Waals surface area contributed by atoms with Crippen LogP contribution in [0.5, 0.6) is 0 Å². The van der Waals surface area contributed by atoms with E-state index in [4.69, 9.17) is 0 Å². The summed E-state index contributed by atoms with van der Waals surface area (Å²) in [6.45, 7) is 0. The number of hydrogen-bond acceptors (Lipinski definition) is 4. The number of methoxy groups -OCH3 is 1. The molecule has 1 aromatic heterocycles. The van der Waals surface area contributed by atoms with E-state index in [0.717, 1.165) is 13.3 Å². The molecule has 0 atom stereocenters. The maximum atomic E-state index is 11.7. The molecule has 0 aliphatic carbocycles. The Balaban J connectivity index is 2.86. The summed E-state index contributed by atoms with van der Waals surface area (Å²) < 4.78 is 5.26. The molecule has 0 aliphatic heterocycles. The number of hydrogen-bond donors (Lipinski definition) is 0. The van der Waals surface area contributed by atoms with Gasteiger partial charge in [-0.3, -0.25) is 0 Å². The zero-order valence-electron chi connectivity index (χ0n) is 8.41. The molecule has 2 rings (SSSR count). The molecule has 16 heavy (non-hydrogen) atoms. The van der Waals surface area contributed by atoms with E-state index < -0.39 is 5.97 Å². The predicted molar refractivity (Wildman–Crippen MR) is 55.4 cm³/mol. The first-order chi connectivity index (χ1) is 7.65. The van der Waals surface area contributed by atoms with E-state index in [2.05, 4.69) is 4.74 Å². The third kappa shape index (κ3) is 1.40. The fourth-order valence-corrected chi connectivity index (χ4v) is 1.43. The first-order valence-corrected chi connectivity index (χ1v) is 4.48. The molecule has 2 aromatic rings. The average Bonchev–Trinajstić information content (AvgIpc) is 2.33. The topological polar surface area (TPSA) is 77.3 Å². The van der Waals surface area contributed by atoms with Gasteiger partial charge >= 0.3 is 5.97 Å². The highest BCUT2D eigenvalue weighted by molar-refractivity contribution is 5.89. The Kier molecular flexibility index (Phi) is 2.32. The van der Waals surface area contributed by atoms with Crippen LogP contribution in [-0.2, 0) is 4.74 Å². The number of rotatable bonds is 1. The van der Waals surface area contributed by atoms with Gasteiger partial charge in [-0.25, -0.2) is 4.79 Å². The van der Waals surface area contributed by atoms with Gasteiger partial charge in [-0.2, -0.15) is 0 Å². The van der Waals surface area contributed by atoms with Crippen LogP contribution in [0, 0.1) is 10.1 Å². The molecule has 0 saturated heterocycles. The van der Waals surface area contributed by atoms with Crippen LogP contribution in [0.4, 0.5) is 0 Å². The van der Waals surface area contributed by atoms with Gasteiger partial charge in [0.1, 0.15) is 5.52 Å². The van der Waals surface area contributed by atoms with Gasteiger partial charge in [0, 0.05) is 11.0 Å². The number of carbonyl (C=O) groups is 1. The van der Waals surface area contributed by atoms with E-state index in [-0.39, 0.29) is 16.7 Å². The number of aromatic nitrogens is 2. The van der Waals surface area contributed by atoms with E-state index in [1.165, 1.54) is 12.1 Å². The van der Waals surface area contributed by atoms with Crippen LogP contribution in [0.15, 0.2) is 30.5 Å². The lowest BCUT2D eigenvalue weighted by atomic mass is 10.3. The molecule has 6 heteroatoms. The fraction of sp³-hybridized carbons (Fsp3) is 0.100. The highest BCUT2D eigenvalue weighted by Crippen LogP contribution is 2.10. The summed E-state index contributed by atoms with van der Waals surface area (Å²) in [6, 6.07) is 6.20. The van der Waals surface area contributed by atoms with Crippen molar-refractivity contribution in [3.63, 3.8) is 0 Å². The normalized spacial score (nSPS) is 10.3. The SMILES string of the molecule is COC(=O)c1c[n+](=O)c2ccccc2n1[O-]. The van der Waals surface area contributed by atoms with Crippen LogP contribution in [0.1, 0.15) is 10.5 Å². The van der Waals surface area contributed by atoms with Gasteiger partial charge in [-0.05, 0) is 6.07 Å². The average molecular weight is 220 g/mol. The second-order valence-electron chi connectivity index (χ2n) is 3.11. The molecule has 0 bridgehead atoms. The molecule has 82 valence electrons. The van der Waals surface area contributed by atoms with Gasteiger partial charge in [0.2, 0.25) is 0 Å². The number of nitrogens with zero attached hydrogens (tertiary/aromatic N) is 2. The van der Waals surface area contributed by atoms with Gasteiger partial charge in [-0.1, -0.05) is 12.1 Å². The largest absolute Gasteiger partial charge is 0.805 e. The molecule has 0 amide bonds. The Labute approximate surface area is 89.9 Å². The van der Waals surface area contributed by atoms with Gasteiger partial charge < -0.3 is 14.7 Å². The molecule has 1 aromatic carbocycles. The van der Waals surface area contributed by atoms with Crippen LogP contribution in [0.25, 0.3) is 11.0 Å². The molecule has 0 unspecified atom stereocenters. The van der Waals surface area contributed by atoms with Crippen LogP contribution >= 0.6 is 0 Å². The molecule has 6 nitrogen and oxygen atoms in total. The highest BCUT2D eigenvalue weighted by atomic mass is 16.5. The van der Waals surface area contributed by atoms with E-state index >= 15 is 0 Å². The van der Waals surface area contributed by atoms with E-state index in [0.29, 0.717) is 9.16 Å². The molecule has 0 saturated carbocycles. The van der Waals surface area contributed by atoms with Crippen LogP contribution < -0.4 is 4.43 Å². The Morgan fingerprint density at radius 3 is 2.81 bits per heavy atom. The quantitative estimate of drug-likeness (QED) is 0.523. The lowest BCUT2D eigenvalue weighted by Gasteiger charge is -2.14. The van der Waals surface area contributed by atoms with E-state index in [9.17, 15) is 14.9 Å². The third-order valence-corrected chi connectivity index (χ3v) is 2.19. The van der Waals surface area contributed by atoms with Crippen molar-refractivity contribution in [3.8, 4) is 0 Å². The Hall–Kier alpha value is -2.37. The van der Waals surface area contributed by atoms with Gasteiger partial charge in [-0.15, -0.1) is 0 Å². The van der Waals surface area contributed by atoms with Crippen LogP contribution in [0.3, 0.4) is 0 Å². The van der Waals surface area contributed by atoms with Gasteiger partial charge in [0.25, 0.3) is 11.7 Å². The van der Waals surface area contributed by atoms with Crippen molar-refractivity contribution in [3.05, 3.63) is 46.3 Å². The zero-order chi connectivity index (χ0) is 11.7. The van der Waals surface area contributed by atoms with Crippen molar-refractivity contribution in [2.24, 2.45) is 0 Å². The Bertz CT molecular complexity index is 618. The molecular weight excluding hydrogens is 212 g/mol. The molecule has 0 fully saturated rings. The standard InChI is InChI=1S/C10H8N2O4/c1-16-10(13)9-6-11(14)7-4-2-3-5-8(7)12(9)15/h2-6H,1H3. The summed E-state index contributed by atoms with van der Waals surface area (Å²) in [5.74, 6) is -0.842. The molecule has 0 N–H and O–H groups in total. The zero-order valence-corrected chi connectivity index (χ0v) is 8.41. The maximum Gasteiger partial charge on any atom is 0.360 e. The molecular formula is C10H8N2O4. The maximum absolute atomic E-state index is 11.7. The number of ether oxygens (including phenoxy) is 1. The highest BCUT2D eigenvalue weighted by Gasteiger charge is 2.17. The first kappa shape index (κ1) is 10.2. The number of esters is 1. The summed E-state index contributed by atoms with van der Waals surface area (Å²) >= 11 is 0. The third-order valence-electron chi connectivity index (χ3n) is 2.19. The second kappa shape index (κ2) is 3.65. The molecule has 0 spiro atoms.